The molecule has 7 nitrogen and oxygen atoms in total. The number of hydrogen-bond acceptors (Lipinski definition) is 4. The summed E-state index contributed by atoms with van der Waals surface area (Å²) in [4.78, 5) is 26.9. The molecule has 1 heterocycles. The molecule has 0 aliphatic carbocycles. The number of nitrogens with zero attached hydrogens (tertiary/aromatic N) is 2. The van der Waals surface area contributed by atoms with Crippen LogP contribution in [0.25, 0.3) is 0 Å². The Bertz CT molecular complexity index is 372. The molecule has 0 aromatic carbocycles. The van der Waals surface area contributed by atoms with E-state index in [1.165, 1.54) is 6.07 Å². The van der Waals surface area contributed by atoms with Crippen molar-refractivity contribution in [3.63, 3.8) is 0 Å². The molecule has 1 aromatic heterocycles. The van der Waals surface area contributed by atoms with Crippen molar-refractivity contribution < 1.29 is 5.03 Å². The molecule has 0 aliphatic rings. The maximum absolute atomic E-state index is 10.9. The summed E-state index contributed by atoms with van der Waals surface area (Å²) in [7, 11) is 0. The van der Waals surface area contributed by atoms with E-state index in [1.54, 1.807) is 12.3 Å². The molecule has 0 saturated carbocycles. The second kappa shape index (κ2) is 3.65. The highest BCUT2D eigenvalue weighted by molar-refractivity contribution is 5.21. The van der Waals surface area contributed by atoms with Crippen LogP contribution in [0.15, 0.2) is 10.9 Å². The Hall–Kier alpha value is -1.92. The summed E-state index contributed by atoms with van der Waals surface area (Å²) in [6.45, 7) is 1.80. The largest absolute Gasteiger partial charge is 0.288 e. The lowest BCUT2D eigenvalue weighted by Crippen LogP contribution is -2.17. The number of nitrogens with one attached hydrogen (secondary N) is 2. The molecule has 0 amide bonds. The molecule has 0 unspecified atom stereocenters. The third-order valence-electron chi connectivity index (χ3n) is 1.35. The first-order valence-electron chi connectivity index (χ1n) is 3.63. The maximum atomic E-state index is 10.9. The van der Waals surface area contributed by atoms with E-state index < -0.39 is 10.6 Å². The molecule has 2 N–H and O–H groups in total. The van der Waals surface area contributed by atoms with Gasteiger partial charge in [-0.05, 0) is 6.42 Å². The van der Waals surface area contributed by atoms with Gasteiger partial charge in [-0.1, -0.05) is 12.3 Å². The molecular weight excluding hydrogens is 176 g/mol. The normalized spacial score (nSPS) is 9.62. The minimum absolute atomic E-state index is 0.144. The Morgan fingerprint density at radius 3 is 3.00 bits per heavy atom. The summed E-state index contributed by atoms with van der Waals surface area (Å²) >= 11 is 0. The van der Waals surface area contributed by atoms with Gasteiger partial charge in [-0.15, -0.1) is 0 Å². The molecule has 0 saturated heterocycles. The van der Waals surface area contributed by atoms with Gasteiger partial charge in [-0.3, -0.25) is 9.78 Å². The number of aromatic amines is 1. The topological polar surface area (TPSA) is 101 Å². The van der Waals surface area contributed by atoms with Gasteiger partial charge in [0, 0.05) is 11.8 Å². The van der Waals surface area contributed by atoms with Gasteiger partial charge in [0.25, 0.3) is 11.5 Å². The molecule has 0 bridgehead atoms. The first kappa shape index (κ1) is 9.17. The van der Waals surface area contributed by atoms with Crippen LogP contribution >= 0.6 is 0 Å². The molecule has 0 aliphatic heterocycles. The minimum Gasteiger partial charge on any atom is -0.288 e. The van der Waals surface area contributed by atoms with Crippen LogP contribution in [0.3, 0.4) is 0 Å². The fourth-order valence-corrected chi connectivity index (χ4v) is 0.828. The number of nitro groups is 1. The third-order valence-corrected chi connectivity index (χ3v) is 1.35. The van der Waals surface area contributed by atoms with Gasteiger partial charge in [0.1, 0.15) is 0 Å². The van der Waals surface area contributed by atoms with E-state index in [-0.39, 0.29) is 5.95 Å². The van der Waals surface area contributed by atoms with E-state index in [4.69, 9.17) is 0 Å². The van der Waals surface area contributed by atoms with Gasteiger partial charge in [0.05, 0.1) is 0 Å². The van der Waals surface area contributed by atoms with Crippen molar-refractivity contribution in [1.82, 2.24) is 9.97 Å². The zero-order valence-electron chi connectivity index (χ0n) is 6.90. The molecule has 1 rings (SSSR count). The Labute approximate surface area is 72.9 Å². The van der Waals surface area contributed by atoms with E-state index in [9.17, 15) is 14.9 Å². The van der Waals surface area contributed by atoms with Crippen LogP contribution in [-0.4, -0.2) is 15.0 Å². The van der Waals surface area contributed by atoms with Crippen LogP contribution in [0.1, 0.15) is 12.6 Å². The molecule has 70 valence electrons. The van der Waals surface area contributed by atoms with Crippen molar-refractivity contribution in [2.75, 3.05) is 5.43 Å². The number of aryl methyl sites for hydroxylation is 1. The minimum atomic E-state index is -0.780. The van der Waals surface area contributed by atoms with Gasteiger partial charge in [0.2, 0.25) is 0 Å². The number of H-pyrrole nitrogens is 1. The number of aromatic nitrogens is 2. The summed E-state index contributed by atoms with van der Waals surface area (Å²) in [6.07, 6.45) is 0.552. The summed E-state index contributed by atoms with van der Waals surface area (Å²) in [5.41, 5.74) is 1.88. The predicted molar refractivity (Wildman–Crippen MR) is 44.9 cm³/mol. The van der Waals surface area contributed by atoms with E-state index >= 15 is 0 Å². The molecular formula is C6H8N4O3. The van der Waals surface area contributed by atoms with E-state index in [1.807, 2.05) is 0 Å². The van der Waals surface area contributed by atoms with Gasteiger partial charge in [0.15, 0.2) is 5.03 Å². The highest BCUT2D eigenvalue weighted by Gasteiger charge is 2.03. The van der Waals surface area contributed by atoms with Crippen LogP contribution < -0.4 is 11.0 Å². The standard InChI is InChI=1S/C6H8N4O3/c1-2-4-3-5(11)8-6(7-4)9-10(12)13/h3H,2H2,1H3,(H2,7,8,9,11). The van der Waals surface area contributed by atoms with Crippen LogP contribution in [-0.2, 0) is 6.42 Å². The first-order valence-corrected chi connectivity index (χ1v) is 3.63. The summed E-state index contributed by atoms with van der Waals surface area (Å²) < 4.78 is 0. The molecule has 0 spiro atoms. The molecule has 0 radical (unpaired) electrons. The van der Waals surface area contributed by atoms with Crippen molar-refractivity contribution in [3.05, 3.63) is 32.2 Å². The van der Waals surface area contributed by atoms with Crippen LogP contribution in [0.4, 0.5) is 5.95 Å². The molecule has 0 fully saturated rings. The Balaban J connectivity index is 3.01. The lowest BCUT2D eigenvalue weighted by Gasteiger charge is -1.97. The lowest BCUT2D eigenvalue weighted by molar-refractivity contribution is -0.446. The second-order valence-electron chi connectivity index (χ2n) is 2.31. The zero-order chi connectivity index (χ0) is 9.84. The van der Waals surface area contributed by atoms with Gasteiger partial charge >= 0.3 is 0 Å². The average Bonchev–Trinajstić information content (AvgIpc) is 2.01. The van der Waals surface area contributed by atoms with Crippen molar-refractivity contribution in [2.24, 2.45) is 0 Å². The predicted octanol–water partition coefficient (Wildman–Crippen LogP) is -0.0641. The first-order chi connectivity index (χ1) is 6.11. The number of anilines is 1. The fraction of sp³-hybridized carbons (Fsp3) is 0.333. The van der Waals surface area contributed by atoms with Crippen LogP contribution in [0.2, 0.25) is 0 Å². The quantitative estimate of drug-likeness (QED) is 0.506. The number of hydrogen-bond donors (Lipinski definition) is 2. The fourth-order valence-electron chi connectivity index (χ4n) is 0.828. The second-order valence-corrected chi connectivity index (χ2v) is 2.31. The van der Waals surface area contributed by atoms with Crippen molar-refractivity contribution in [2.45, 2.75) is 13.3 Å². The van der Waals surface area contributed by atoms with Crippen LogP contribution in [0, 0.1) is 10.1 Å². The van der Waals surface area contributed by atoms with E-state index in [0.717, 1.165) is 0 Å². The Morgan fingerprint density at radius 1 is 1.77 bits per heavy atom. The van der Waals surface area contributed by atoms with Crippen molar-refractivity contribution >= 4 is 5.95 Å². The average molecular weight is 184 g/mol. The number of hydrazine groups is 1. The molecule has 1 aromatic rings. The number of rotatable bonds is 3. The van der Waals surface area contributed by atoms with Gasteiger partial charge in [-0.2, -0.15) is 0 Å². The SMILES string of the molecule is CCc1cc(=O)[nH]c(N[N+](=O)[O-])n1. The molecule has 0 atom stereocenters. The molecule has 13 heavy (non-hydrogen) atoms. The third kappa shape index (κ3) is 2.55. The van der Waals surface area contributed by atoms with Gasteiger partial charge < -0.3 is 0 Å². The zero-order valence-corrected chi connectivity index (χ0v) is 6.90. The van der Waals surface area contributed by atoms with E-state index in [2.05, 4.69) is 9.97 Å². The summed E-state index contributed by atoms with van der Waals surface area (Å²) in [5.74, 6) is -0.144. The smallest absolute Gasteiger partial charge is 0.265 e. The summed E-state index contributed by atoms with van der Waals surface area (Å²) in [5, 5.41) is 9.23. The highest BCUT2D eigenvalue weighted by atomic mass is 16.7. The Morgan fingerprint density at radius 2 is 2.46 bits per heavy atom. The molecule has 7 heteroatoms. The van der Waals surface area contributed by atoms with Gasteiger partial charge in [-0.25, -0.2) is 15.1 Å². The highest BCUT2D eigenvalue weighted by Crippen LogP contribution is 1.96. The Kier molecular flexibility index (Phi) is 2.58. The maximum Gasteiger partial charge on any atom is 0.265 e. The van der Waals surface area contributed by atoms with E-state index in [0.29, 0.717) is 12.1 Å². The summed E-state index contributed by atoms with van der Waals surface area (Å²) in [6, 6.07) is 1.30. The van der Waals surface area contributed by atoms with Crippen molar-refractivity contribution in [1.29, 1.82) is 0 Å². The lowest BCUT2D eigenvalue weighted by atomic mass is 10.3. The van der Waals surface area contributed by atoms with Crippen molar-refractivity contribution in [3.8, 4) is 0 Å². The monoisotopic (exact) mass is 184 g/mol. The van der Waals surface area contributed by atoms with Crippen LogP contribution in [0.5, 0.6) is 0 Å².